The Labute approximate surface area is 105 Å². The smallest absolute Gasteiger partial charge is 0.0731 e. The van der Waals surface area contributed by atoms with Gasteiger partial charge in [-0.3, -0.25) is 0 Å². The van der Waals surface area contributed by atoms with Crippen molar-refractivity contribution in [1.82, 2.24) is 0 Å². The van der Waals surface area contributed by atoms with Crippen molar-refractivity contribution in [2.75, 3.05) is 0 Å². The number of halogens is 1. The van der Waals surface area contributed by atoms with Crippen LogP contribution in [-0.4, -0.2) is 0 Å². The van der Waals surface area contributed by atoms with Crippen LogP contribution in [0.2, 0.25) is 0 Å². The molecule has 1 heterocycles. The Bertz CT molecular complexity index is 305. The van der Waals surface area contributed by atoms with Gasteiger partial charge in [0, 0.05) is 10.9 Å². The molecule has 0 saturated carbocycles. The van der Waals surface area contributed by atoms with Gasteiger partial charge in [0.05, 0.1) is 3.79 Å². The Morgan fingerprint density at radius 3 is 2.47 bits per heavy atom. The topological polar surface area (TPSA) is 26.0 Å². The van der Waals surface area contributed by atoms with Crippen LogP contribution >= 0.6 is 27.3 Å². The van der Waals surface area contributed by atoms with Crippen molar-refractivity contribution in [2.45, 2.75) is 46.6 Å². The van der Waals surface area contributed by atoms with Gasteiger partial charge in [-0.15, -0.1) is 11.3 Å². The summed E-state index contributed by atoms with van der Waals surface area (Å²) < 4.78 is 1.21. The van der Waals surface area contributed by atoms with E-state index in [1.165, 1.54) is 20.6 Å². The first kappa shape index (κ1) is 13.2. The van der Waals surface area contributed by atoms with Crippen molar-refractivity contribution < 1.29 is 0 Å². The molecule has 0 radical (unpaired) electrons. The molecule has 86 valence electrons. The van der Waals surface area contributed by atoms with Crippen LogP contribution in [0.4, 0.5) is 0 Å². The SMILES string of the molecule is Cc1cc(C(N)CCC(C)(C)C)sc1Br. The first-order valence-electron chi connectivity index (χ1n) is 5.31. The molecule has 1 rings (SSSR count). The molecule has 0 aliphatic rings. The largest absolute Gasteiger partial charge is 0.323 e. The van der Waals surface area contributed by atoms with Gasteiger partial charge < -0.3 is 5.73 Å². The third kappa shape index (κ3) is 4.25. The second-order valence-electron chi connectivity index (χ2n) is 5.31. The Morgan fingerprint density at radius 1 is 1.47 bits per heavy atom. The van der Waals surface area contributed by atoms with E-state index in [1.54, 1.807) is 11.3 Å². The minimum Gasteiger partial charge on any atom is -0.323 e. The quantitative estimate of drug-likeness (QED) is 0.862. The molecule has 1 aromatic rings. The lowest BCUT2D eigenvalue weighted by atomic mass is 9.88. The molecular weight excluding hydrogens is 270 g/mol. The lowest BCUT2D eigenvalue weighted by molar-refractivity contribution is 0.351. The molecule has 0 saturated heterocycles. The Balaban J connectivity index is 2.58. The summed E-state index contributed by atoms with van der Waals surface area (Å²) in [5.41, 5.74) is 7.84. The standard InChI is InChI=1S/C12H20BrNS/c1-8-7-10(15-11(8)13)9(14)5-6-12(2,3)4/h7,9H,5-6,14H2,1-4H3. The first-order valence-corrected chi connectivity index (χ1v) is 6.92. The maximum atomic E-state index is 6.17. The molecule has 0 aliphatic carbocycles. The highest BCUT2D eigenvalue weighted by molar-refractivity contribution is 9.11. The number of rotatable bonds is 3. The van der Waals surface area contributed by atoms with Gasteiger partial charge in [0.2, 0.25) is 0 Å². The minimum absolute atomic E-state index is 0.194. The highest BCUT2D eigenvalue weighted by atomic mass is 79.9. The number of hydrogen-bond acceptors (Lipinski definition) is 2. The fourth-order valence-corrected chi connectivity index (χ4v) is 3.00. The van der Waals surface area contributed by atoms with Crippen molar-refractivity contribution in [3.8, 4) is 0 Å². The number of hydrogen-bond donors (Lipinski definition) is 1. The van der Waals surface area contributed by atoms with E-state index in [0.717, 1.165) is 6.42 Å². The highest BCUT2D eigenvalue weighted by Crippen LogP contribution is 2.33. The molecule has 1 atom stereocenters. The molecule has 2 N–H and O–H groups in total. The van der Waals surface area contributed by atoms with E-state index < -0.39 is 0 Å². The molecule has 0 fully saturated rings. The normalized spacial score (nSPS) is 14.3. The highest BCUT2D eigenvalue weighted by Gasteiger charge is 2.15. The molecule has 0 amide bonds. The summed E-state index contributed by atoms with van der Waals surface area (Å²) in [6.45, 7) is 8.89. The molecule has 0 spiro atoms. The molecule has 0 aliphatic heterocycles. The molecule has 1 nitrogen and oxygen atoms in total. The fourth-order valence-electron chi connectivity index (χ4n) is 1.40. The lowest BCUT2D eigenvalue weighted by Crippen LogP contribution is -2.13. The second kappa shape index (κ2) is 4.98. The predicted octanol–water partition coefficient (Wildman–Crippen LogP) is 4.65. The summed E-state index contributed by atoms with van der Waals surface area (Å²) in [4.78, 5) is 1.30. The summed E-state index contributed by atoms with van der Waals surface area (Å²) in [6.07, 6.45) is 2.23. The van der Waals surface area contributed by atoms with Gasteiger partial charge in [0.15, 0.2) is 0 Å². The summed E-state index contributed by atoms with van der Waals surface area (Å²) in [6, 6.07) is 2.39. The zero-order valence-electron chi connectivity index (χ0n) is 9.93. The van der Waals surface area contributed by atoms with Crippen molar-refractivity contribution >= 4 is 27.3 Å². The van der Waals surface area contributed by atoms with Crippen LogP contribution in [0.1, 0.15) is 50.1 Å². The molecular formula is C12H20BrNS. The van der Waals surface area contributed by atoms with Gasteiger partial charge in [0.1, 0.15) is 0 Å². The molecule has 1 aromatic heterocycles. The Morgan fingerprint density at radius 2 is 2.07 bits per heavy atom. The van der Waals surface area contributed by atoms with Gasteiger partial charge in [-0.1, -0.05) is 20.8 Å². The fraction of sp³-hybridized carbons (Fsp3) is 0.667. The predicted molar refractivity (Wildman–Crippen MR) is 72.4 cm³/mol. The van der Waals surface area contributed by atoms with Crippen molar-refractivity contribution in [2.24, 2.45) is 11.1 Å². The van der Waals surface area contributed by atoms with E-state index in [4.69, 9.17) is 5.73 Å². The van der Waals surface area contributed by atoms with Crippen LogP contribution in [0.5, 0.6) is 0 Å². The van der Waals surface area contributed by atoms with E-state index in [2.05, 4.69) is 49.7 Å². The van der Waals surface area contributed by atoms with Crippen molar-refractivity contribution in [3.05, 3.63) is 20.3 Å². The third-order valence-corrected chi connectivity index (χ3v) is 4.72. The van der Waals surface area contributed by atoms with Gasteiger partial charge in [-0.2, -0.15) is 0 Å². The molecule has 0 bridgehead atoms. The molecule has 3 heteroatoms. The average molecular weight is 290 g/mol. The Hall–Kier alpha value is 0.140. The van der Waals surface area contributed by atoms with Gasteiger partial charge in [-0.25, -0.2) is 0 Å². The minimum atomic E-state index is 0.194. The summed E-state index contributed by atoms with van der Waals surface area (Å²) >= 11 is 5.30. The molecule has 15 heavy (non-hydrogen) atoms. The number of thiophene rings is 1. The van der Waals surface area contributed by atoms with Gasteiger partial charge in [-0.05, 0) is 52.7 Å². The van der Waals surface area contributed by atoms with E-state index in [1.807, 2.05) is 0 Å². The average Bonchev–Trinajstić information content (AvgIpc) is 2.42. The van der Waals surface area contributed by atoms with Crippen LogP contribution in [-0.2, 0) is 0 Å². The van der Waals surface area contributed by atoms with Crippen LogP contribution in [0.25, 0.3) is 0 Å². The third-order valence-electron chi connectivity index (χ3n) is 2.45. The van der Waals surface area contributed by atoms with Crippen LogP contribution < -0.4 is 5.73 Å². The van der Waals surface area contributed by atoms with E-state index in [9.17, 15) is 0 Å². The van der Waals surface area contributed by atoms with E-state index >= 15 is 0 Å². The zero-order valence-corrected chi connectivity index (χ0v) is 12.3. The van der Waals surface area contributed by atoms with Crippen LogP contribution in [0.3, 0.4) is 0 Å². The Kier molecular flexibility index (Phi) is 4.38. The van der Waals surface area contributed by atoms with E-state index in [0.29, 0.717) is 5.41 Å². The first-order chi connectivity index (χ1) is 6.79. The summed E-state index contributed by atoms with van der Waals surface area (Å²) in [5, 5.41) is 0. The van der Waals surface area contributed by atoms with Crippen molar-refractivity contribution in [3.63, 3.8) is 0 Å². The monoisotopic (exact) mass is 289 g/mol. The maximum absolute atomic E-state index is 6.17. The second-order valence-corrected chi connectivity index (χ2v) is 7.71. The van der Waals surface area contributed by atoms with Crippen molar-refractivity contribution in [1.29, 1.82) is 0 Å². The molecule has 0 aromatic carbocycles. The molecule has 1 unspecified atom stereocenters. The summed E-state index contributed by atoms with van der Waals surface area (Å²) in [7, 11) is 0. The zero-order chi connectivity index (χ0) is 11.6. The number of aryl methyl sites for hydroxylation is 1. The number of nitrogens with two attached hydrogens (primary N) is 1. The van der Waals surface area contributed by atoms with Crippen LogP contribution in [0.15, 0.2) is 9.85 Å². The van der Waals surface area contributed by atoms with E-state index in [-0.39, 0.29) is 6.04 Å². The van der Waals surface area contributed by atoms with Crippen LogP contribution in [0, 0.1) is 12.3 Å². The van der Waals surface area contributed by atoms with Gasteiger partial charge >= 0.3 is 0 Å². The van der Waals surface area contributed by atoms with Gasteiger partial charge in [0.25, 0.3) is 0 Å². The lowest BCUT2D eigenvalue weighted by Gasteiger charge is -2.20. The maximum Gasteiger partial charge on any atom is 0.0731 e. The summed E-state index contributed by atoms with van der Waals surface area (Å²) in [5.74, 6) is 0.